The zero-order valence-corrected chi connectivity index (χ0v) is 14.7. The Hall–Kier alpha value is -2.82. The number of aromatic hydroxyl groups is 1. The van der Waals surface area contributed by atoms with Gasteiger partial charge in [-0.3, -0.25) is 9.59 Å². The van der Waals surface area contributed by atoms with Crippen LogP contribution < -0.4 is 4.90 Å². The molecule has 130 valence electrons. The Bertz CT molecular complexity index is 814. The maximum atomic E-state index is 12.8. The van der Waals surface area contributed by atoms with Gasteiger partial charge in [0.05, 0.1) is 5.56 Å². The molecule has 2 aromatic carbocycles. The molecule has 1 fully saturated rings. The quantitative estimate of drug-likeness (QED) is 0.916. The second-order valence-corrected chi connectivity index (χ2v) is 6.64. The van der Waals surface area contributed by atoms with Crippen LogP contribution in [0.15, 0.2) is 42.5 Å². The molecule has 25 heavy (non-hydrogen) atoms. The fourth-order valence-electron chi connectivity index (χ4n) is 3.07. The minimum absolute atomic E-state index is 0.00125. The van der Waals surface area contributed by atoms with Gasteiger partial charge in [0, 0.05) is 18.3 Å². The number of amides is 2. The molecule has 1 saturated heterocycles. The lowest BCUT2D eigenvalue weighted by atomic mass is 10.1. The van der Waals surface area contributed by atoms with Crippen molar-refractivity contribution in [3.05, 3.63) is 59.2 Å². The van der Waals surface area contributed by atoms with E-state index < -0.39 is 0 Å². The summed E-state index contributed by atoms with van der Waals surface area (Å²) in [5.74, 6) is -0.496. The Labute approximate surface area is 147 Å². The highest BCUT2D eigenvalue weighted by molar-refractivity contribution is 6.03. The first-order chi connectivity index (χ1) is 11.9. The third kappa shape index (κ3) is 3.36. The summed E-state index contributed by atoms with van der Waals surface area (Å²) >= 11 is 0. The van der Waals surface area contributed by atoms with Gasteiger partial charge in [0.15, 0.2) is 0 Å². The first kappa shape index (κ1) is 17.0. The summed E-state index contributed by atoms with van der Waals surface area (Å²) in [6.07, 6.45) is 0. The zero-order valence-electron chi connectivity index (χ0n) is 14.7. The molecule has 5 heteroatoms. The number of benzene rings is 2. The Balaban J connectivity index is 1.82. The summed E-state index contributed by atoms with van der Waals surface area (Å²) in [7, 11) is 0. The number of hydrogen-bond donors (Lipinski definition) is 1. The molecule has 2 aromatic rings. The summed E-state index contributed by atoms with van der Waals surface area (Å²) in [4.78, 5) is 28.6. The second kappa shape index (κ2) is 6.59. The number of rotatable bonds is 2. The highest BCUT2D eigenvalue weighted by Gasteiger charge is 2.34. The summed E-state index contributed by atoms with van der Waals surface area (Å²) in [6, 6.07) is 12.5. The van der Waals surface area contributed by atoms with Crippen molar-refractivity contribution in [2.24, 2.45) is 0 Å². The molecule has 0 spiro atoms. The van der Waals surface area contributed by atoms with Gasteiger partial charge in [0.25, 0.3) is 5.91 Å². The van der Waals surface area contributed by atoms with Crippen LogP contribution in [0.4, 0.5) is 5.69 Å². The number of hydrogen-bond acceptors (Lipinski definition) is 3. The first-order valence-corrected chi connectivity index (χ1v) is 8.34. The Morgan fingerprint density at radius 3 is 2.40 bits per heavy atom. The van der Waals surface area contributed by atoms with Gasteiger partial charge in [-0.2, -0.15) is 0 Å². The van der Waals surface area contributed by atoms with E-state index >= 15 is 0 Å². The van der Waals surface area contributed by atoms with E-state index in [-0.39, 0.29) is 35.7 Å². The van der Waals surface area contributed by atoms with E-state index in [9.17, 15) is 14.7 Å². The number of piperazine rings is 1. The van der Waals surface area contributed by atoms with Crippen LogP contribution in [0.5, 0.6) is 5.75 Å². The van der Waals surface area contributed by atoms with Gasteiger partial charge < -0.3 is 14.9 Å². The molecule has 1 heterocycles. The van der Waals surface area contributed by atoms with Crippen molar-refractivity contribution in [1.82, 2.24) is 4.90 Å². The van der Waals surface area contributed by atoms with Crippen LogP contribution in [0.1, 0.15) is 28.4 Å². The largest absolute Gasteiger partial charge is 0.507 e. The van der Waals surface area contributed by atoms with Crippen LogP contribution in [-0.4, -0.2) is 41.0 Å². The van der Waals surface area contributed by atoms with E-state index in [2.05, 4.69) is 0 Å². The number of aryl methyl sites for hydroxylation is 2. The molecular formula is C20H22N2O3. The topological polar surface area (TPSA) is 60.9 Å². The van der Waals surface area contributed by atoms with Gasteiger partial charge in [-0.25, -0.2) is 0 Å². The summed E-state index contributed by atoms with van der Waals surface area (Å²) in [5.41, 5.74) is 3.10. The predicted octanol–water partition coefficient (Wildman–Crippen LogP) is 2.89. The minimum Gasteiger partial charge on any atom is -0.507 e. The monoisotopic (exact) mass is 338 g/mol. The average Bonchev–Trinajstić information content (AvgIpc) is 2.59. The fourth-order valence-corrected chi connectivity index (χ4v) is 3.07. The SMILES string of the molecule is Cc1ccc(N2C[C@@H](C)N(C(=O)c3cc(C)ccc3O)CC2=O)cc1. The van der Waals surface area contributed by atoms with E-state index in [1.807, 2.05) is 45.0 Å². The molecule has 5 nitrogen and oxygen atoms in total. The van der Waals surface area contributed by atoms with Crippen LogP contribution in [0.25, 0.3) is 0 Å². The van der Waals surface area contributed by atoms with Gasteiger partial charge in [-0.1, -0.05) is 29.3 Å². The second-order valence-electron chi connectivity index (χ2n) is 6.64. The van der Waals surface area contributed by atoms with Gasteiger partial charge in [0.1, 0.15) is 12.3 Å². The summed E-state index contributed by atoms with van der Waals surface area (Å²) < 4.78 is 0. The van der Waals surface area contributed by atoms with E-state index in [1.165, 1.54) is 11.0 Å². The molecule has 0 unspecified atom stereocenters. The highest BCUT2D eigenvalue weighted by atomic mass is 16.3. The highest BCUT2D eigenvalue weighted by Crippen LogP contribution is 2.25. The molecule has 0 saturated carbocycles. The third-order valence-electron chi connectivity index (χ3n) is 4.57. The van der Waals surface area contributed by atoms with Gasteiger partial charge >= 0.3 is 0 Å². The van der Waals surface area contributed by atoms with Crippen molar-refractivity contribution >= 4 is 17.5 Å². The number of carbonyl (C=O) groups excluding carboxylic acids is 2. The maximum Gasteiger partial charge on any atom is 0.258 e. The fraction of sp³-hybridized carbons (Fsp3) is 0.300. The van der Waals surface area contributed by atoms with Crippen LogP contribution in [0, 0.1) is 13.8 Å². The lowest BCUT2D eigenvalue weighted by Gasteiger charge is -2.39. The zero-order chi connectivity index (χ0) is 18.1. The van der Waals surface area contributed by atoms with Crippen molar-refractivity contribution in [2.45, 2.75) is 26.8 Å². The standard InChI is InChI=1S/C20H22N2O3/c1-13-4-7-16(8-5-13)22-11-15(3)21(12-19(22)24)20(25)17-10-14(2)6-9-18(17)23/h4-10,15,23H,11-12H2,1-3H3/t15-/m1/s1. The lowest BCUT2D eigenvalue weighted by Crippen LogP contribution is -2.57. The van der Waals surface area contributed by atoms with Crippen LogP contribution >= 0.6 is 0 Å². The van der Waals surface area contributed by atoms with Crippen molar-refractivity contribution in [3.8, 4) is 5.75 Å². The molecule has 1 aliphatic heterocycles. The predicted molar refractivity (Wildman–Crippen MR) is 96.9 cm³/mol. The first-order valence-electron chi connectivity index (χ1n) is 8.34. The van der Waals surface area contributed by atoms with E-state index in [4.69, 9.17) is 0 Å². The number of nitrogens with zero attached hydrogens (tertiary/aromatic N) is 2. The number of phenolic OH excluding ortho intramolecular Hbond substituents is 1. The lowest BCUT2D eigenvalue weighted by molar-refractivity contribution is -0.121. The molecule has 1 N–H and O–H groups in total. The third-order valence-corrected chi connectivity index (χ3v) is 4.57. The Morgan fingerprint density at radius 1 is 1.08 bits per heavy atom. The smallest absolute Gasteiger partial charge is 0.258 e. The molecule has 0 radical (unpaired) electrons. The normalized spacial score (nSPS) is 17.7. The molecule has 0 bridgehead atoms. The molecule has 2 amide bonds. The van der Waals surface area contributed by atoms with E-state index in [0.29, 0.717) is 6.54 Å². The molecule has 1 aliphatic rings. The minimum atomic E-state index is -0.314. The number of phenols is 1. The Morgan fingerprint density at radius 2 is 1.72 bits per heavy atom. The van der Waals surface area contributed by atoms with E-state index in [1.54, 1.807) is 17.0 Å². The van der Waals surface area contributed by atoms with Crippen molar-refractivity contribution in [2.75, 3.05) is 18.0 Å². The molecule has 1 atom stereocenters. The van der Waals surface area contributed by atoms with Gasteiger partial charge in [0.2, 0.25) is 5.91 Å². The number of carbonyl (C=O) groups is 2. The summed E-state index contributed by atoms with van der Waals surface area (Å²) in [6.45, 7) is 6.21. The van der Waals surface area contributed by atoms with Gasteiger partial charge in [-0.05, 0) is 45.0 Å². The molecule has 3 rings (SSSR count). The van der Waals surface area contributed by atoms with Crippen molar-refractivity contribution in [1.29, 1.82) is 0 Å². The number of anilines is 1. The average molecular weight is 338 g/mol. The van der Waals surface area contributed by atoms with Crippen molar-refractivity contribution in [3.63, 3.8) is 0 Å². The molecular weight excluding hydrogens is 316 g/mol. The van der Waals surface area contributed by atoms with Crippen LogP contribution in [-0.2, 0) is 4.79 Å². The maximum absolute atomic E-state index is 12.8. The van der Waals surface area contributed by atoms with Crippen molar-refractivity contribution < 1.29 is 14.7 Å². The van der Waals surface area contributed by atoms with Crippen LogP contribution in [0.2, 0.25) is 0 Å². The van der Waals surface area contributed by atoms with Crippen LogP contribution in [0.3, 0.4) is 0 Å². The summed E-state index contributed by atoms with van der Waals surface area (Å²) in [5, 5.41) is 10.0. The van der Waals surface area contributed by atoms with E-state index in [0.717, 1.165) is 16.8 Å². The molecule has 0 aliphatic carbocycles. The van der Waals surface area contributed by atoms with Gasteiger partial charge in [-0.15, -0.1) is 0 Å². The molecule has 0 aromatic heterocycles. The Kier molecular flexibility index (Phi) is 4.49.